The Morgan fingerprint density at radius 2 is 2.06 bits per heavy atom. The Morgan fingerprint density at radius 3 is 2.69 bits per heavy atom. The van der Waals surface area contributed by atoms with Gasteiger partial charge < -0.3 is 10.1 Å². The maximum atomic E-state index is 10.7. The van der Waals surface area contributed by atoms with Crippen LogP contribution in [0.4, 0.5) is 0 Å². The maximum Gasteiger partial charge on any atom is 0.309 e. The molecular weight excluding hydrogens is 204 g/mol. The summed E-state index contributed by atoms with van der Waals surface area (Å²) < 4.78 is 0. The molecule has 1 heterocycles. The SMILES string of the molecule is Cc1ccc(-c2nc[nH]c2CC(=O)O)cc1. The van der Waals surface area contributed by atoms with Gasteiger partial charge in [0.15, 0.2) is 0 Å². The quantitative estimate of drug-likeness (QED) is 0.824. The van der Waals surface area contributed by atoms with Crippen molar-refractivity contribution in [2.75, 3.05) is 0 Å². The van der Waals surface area contributed by atoms with Crippen LogP contribution in [-0.2, 0) is 11.2 Å². The third kappa shape index (κ3) is 2.11. The summed E-state index contributed by atoms with van der Waals surface area (Å²) >= 11 is 0. The van der Waals surface area contributed by atoms with E-state index < -0.39 is 5.97 Å². The Kier molecular flexibility index (Phi) is 2.72. The Morgan fingerprint density at radius 1 is 1.38 bits per heavy atom. The van der Waals surface area contributed by atoms with Gasteiger partial charge in [-0.2, -0.15) is 0 Å². The van der Waals surface area contributed by atoms with E-state index in [-0.39, 0.29) is 6.42 Å². The molecule has 0 amide bonds. The lowest BCUT2D eigenvalue weighted by Gasteiger charge is -2.01. The third-order valence-electron chi connectivity index (χ3n) is 2.37. The normalized spacial score (nSPS) is 10.3. The smallest absolute Gasteiger partial charge is 0.309 e. The molecule has 0 radical (unpaired) electrons. The molecule has 0 bridgehead atoms. The molecule has 0 spiro atoms. The molecular formula is C12H12N2O2. The summed E-state index contributed by atoms with van der Waals surface area (Å²) in [5.74, 6) is -0.863. The van der Waals surface area contributed by atoms with Crippen LogP contribution in [-0.4, -0.2) is 21.0 Å². The predicted octanol–water partition coefficient (Wildman–Crippen LogP) is 2.01. The summed E-state index contributed by atoms with van der Waals surface area (Å²) in [6.45, 7) is 2.01. The van der Waals surface area contributed by atoms with E-state index in [2.05, 4.69) is 9.97 Å². The highest BCUT2D eigenvalue weighted by molar-refractivity contribution is 5.73. The predicted molar refractivity (Wildman–Crippen MR) is 60.1 cm³/mol. The van der Waals surface area contributed by atoms with Crippen LogP contribution in [0, 0.1) is 6.92 Å². The third-order valence-corrected chi connectivity index (χ3v) is 2.37. The molecule has 0 aliphatic rings. The molecule has 0 saturated carbocycles. The van der Waals surface area contributed by atoms with Gasteiger partial charge in [-0.1, -0.05) is 29.8 Å². The molecule has 2 N–H and O–H groups in total. The summed E-state index contributed by atoms with van der Waals surface area (Å²) in [5, 5.41) is 8.75. The van der Waals surface area contributed by atoms with Gasteiger partial charge in [-0.3, -0.25) is 4.79 Å². The largest absolute Gasteiger partial charge is 0.481 e. The lowest BCUT2D eigenvalue weighted by Crippen LogP contribution is -2.01. The standard InChI is InChI=1S/C12H12N2O2/c1-8-2-4-9(5-3-8)12-10(6-11(15)16)13-7-14-12/h2-5,7H,6H2,1H3,(H,13,14)(H,15,16). The summed E-state index contributed by atoms with van der Waals surface area (Å²) in [6, 6.07) is 7.84. The molecule has 1 aromatic heterocycles. The minimum absolute atomic E-state index is 0.0385. The van der Waals surface area contributed by atoms with Crippen LogP contribution in [0.5, 0.6) is 0 Å². The van der Waals surface area contributed by atoms with Crippen LogP contribution in [0.15, 0.2) is 30.6 Å². The van der Waals surface area contributed by atoms with Gasteiger partial charge in [-0.15, -0.1) is 0 Å². The Balaban J connectivity index is 2.36. The van der Waals surface area contributed by atoms with E-state index in [0.717, 1.165) is 5.56 Å². The first-order valence-electron chi connectivity index (χ1n) is 4.98. The molecule has 2 rings (SSSR count). The fourth-order valence-corrected chi connectivity index (χ4v) is 1.57. The second kappa shape index (κ2) is 4.18. The van der Waals surface area contributed by atoms with Crippen molar-refractivity contribution in [1.29, 1.82) is 0 Å². The molecule has 0 unspecified atom stereocenters. The van der Waals surface area contributed by atoms with Crippen LogP contribution in [0.3, 0.4) is 0 Å². The lowest BCUT2D eigenvalue weighted by molar-refractivity contribution is -0.136. The number of H-pyrrole nitrogens is 1. The summed E-state index contributed by atoms with van der Waals surface area (Å²) in [7, 11) is 0. The van der Waals surface area contributed by atoms with Crippen molar-refractivity contribution in [2.24, 2.45) is 0 Å². The summed E-state index contributed by atoms with van der Waals surface area (Å²) in [5.41, 5.74) is 3.45. The van der Waals surface area contributed by atoms with E-state index in [1.54, 1.807) is 0 Å². The van der Waals surface area contributed by atoms with Gasteiger partial charge in [-0.05, 0) is 6.92 Å². The van der Waals surface area contributed by atoms with Crippen LogP contribution < -0.4 is 0 Å². The lowest BCUT2D eigenvalue weighted by atomic mass is 10.1. The molecule has 0 aliphatic heterocycles. The van der Waals surface area contributed by atoms with E-state index in [4.69, 9.17) is 5.11 Å². The number of carboxylic acid groups (broad SMARTS) is 1. The maximum absolute atomic E-state index is 10.7. The monoisotopic (exact) mass is 216 g/mol. The summed E-state index contributed by atoms with van der Waals surface area (Å²) in [6.07, 6.45) is 1.48. The minimum atomic E-state index is -0.863. The molecule has 1 aromatic carbocycles. The second-order valence-electron chi connectivity index (χ2n) is 3.67. The second-order valence-corrected chi connectivity index (χ2v) is 3.67. The van der Waals surface area contributed by atoms with Gasteiger partial charge in [0.25, 0.3) is 0 Å². The highest BCUT2D eigenvalue weighted by Crippen LogP contribution is 2.20. The van der Waals surface area contributed by atoms with Gasteiger partial charge >= 0.3 is 5.97 Å². The highest BCUT2D eigenvalue weighted by Gasteiger charge is 2.10. The van der Waals surface area contributed by atoms with Crippen molar-refractivity contribution in [3.8, 4) is 11.3 Å². The fourth-order valence-electron chi connectivity index (χ4n) is 1.57. The number of carboxylic acids is 1. The van der Waals surface area contributed by atoms with E-state index in [1.165, 1.54) is 11.9 Å². The van der Waals surface area contributed by atoms with Crippen LogP contribution in [0.25, 0.3) is 11.3 Å². The topological polar surface area (TPSA) is 66.0 Å². The number of hydrogen-bond acceptors (Lipinski definition) is 2. The first-order valence-corrected chi connectivity index (χ1v) is 4.98. The molecule has 4 heteroatoms. The highest BCUT2D eigenvalue weighted by atomic mass is 16.4. The average molecular weight is 216 g/mol. The Hall–Kier alpha value is -2.10. The Bertz CT molecular complexity index is 500. The molecule has 4 nitrogen and oxygen atoms in total. The number of benzene rings is 1. The number of aromatic nitrogens is 2. The summed E-state index contributed by atoms with van der Waals surface area (Å²) in [4.78, 5) is 17.7. The molecule has 0 atom stereocenters. The number of aryl methyl sites for hydroxylation is 1. The van der Waals surface area contributed by atoms with Crippen LogP contribution in [0.1, 0.15) is 11.3 Å². The molecule has 0 aliphatic carbocycles. The zero-order valence-electron chi connectivity index (χ0n) is 8.90. The number of nitrogens with zero attached hydrogens (tertiary/aromatic N) is 1. The zero-order chi connectivity index (χ0) is 11.5. The van der Waals surface area contributed by atoms with Crippen molar-refractivity contribution in [3.63, 3.8) is 0 Å². The van der Waals surface area contributed by atoms with Crippen LogP contribution >= 0.6 is 0 Å². The molecule has 2 aromatic rings. The van der Waals surface area contributed by atoms with Gasteiger partial charge in [0.1, 0.15) is 0 Å². The first-order chi connectivity index (χ1) is 7.66. The molecule has 0 saturated heterocycles. The number of nitrogens with one attached hydrogen (secondary N) is 1. The number of carbonyl (C=O) groups is 1. The van der Waals surface area contributed by atoms with Gasteiger partial charge in [0.2, 0.25) is 0 Å². The number of aliphatic carboxylic acids is 1. The zero-order valence-corrected chi connectivity index (χ0v) is 8.90. The molecule has 16 heavy (non-hydrogen) atoms. The number of hydrogen-bond donors (Lipinski definition) is 2. The van der Waals surface area contributed by atoms with Crippen molar-refractivity contribution < 1.29 is 9.90 Å². The number of rotatable bonds is 3. The molecule has 0 fully saturated rings. The molecule has 82 valence electrons. The van der Waals surface area contributed by atoms with E-state index in [0.29, 0.717) is 11.4 Å². The van der Waals surface area contributed by atoms with E-state index in [9.17, 15) is 4.79 Å². The Labute approximate surface area is 93.0 Å². The van der Waals surface area contributed by atoms with Crippen molar-refractivity contribution >= 4 is 5.97 Å². The fraction of sp³-hybridized carbons (Fsp3) is 0.167. The van der Waals surface area contributed by atoms with Crippen LogP contribution in [0.2, 0.25) is 0 Å². The number of imidazole rings is 1. The first kappa shape index (κ1) is 10.4. The van der Waals surface area contributed by atoms with Crippen molar-refractivity contribution in [2.45, 2.75) is 13.3 Å². The average Bonchev–Trinajstić information content (AvgIpc) is 2.66. The minimum Gasteiger partial charge on any atom is -0.481 e. The van der Waals surface area contributed by atoms with Crippen molar-refractivity contribution in [3.05, 3.63) is 41.9 Å². The number of aromatic amines is 1. The van der Waals surface area contributed by atoms with Crippen molar-refractivity contribution in [1.82, 2.24) is 9.97 Å². The van der Waals surface area contributed by atoms with Gasteiger partial charge in [-0.25, -0.2) is 4.98 Å². The van der Waals surface area contributed by atoms with E-state index in [1.807, 2.05) is 31.2 Å². The van der Waals surface area contributed by atoms with Gasteiger partial charge in [0, 0.05) is 5.56 Å². The van der Waals surface area contributed by atoms with Gasteiger partial charge in [0.05, 0.1) is 24.1 Å². The van der Waals surface area contributed by atoms with E-state index >= 15 is 0 Å².